The fourth-order valence-electron chi connectivity index (χ4n) is 2.57. The highest BCUT2D eigenvalue weighted by atomic mass is 127. The number of carboxylic acid groups (broad SMARTS) is 3. The molecular weight excluding hydrogens is 636 g/mol. The van der Waals surface area contributed by atoms with Gasteiger partial charge in [0.1, 0.15) is 6.04 Å². The maximum atomic E-state index is 12.1. The Balaban J connectivity index is 2.42. The van der Waals surface area contributed by atoms with Crippen LogP contribution >= 0.6 is 45.2 Å². The molecule has 0 aliphatic rings. The van der Waals surface area contributed by atoms with Crippen LogP contribution in [0, 0.1) is 3.57 Å². The highest BCUT2D eigenvalue weighted by molar-refractivity contribution is 14.1. The van der Waals surface area contributed by atoms with E-state index in [9.17, 15) is 29.4 Å². The molecule has 12 heteroatoms. The van der Waals surface area contributed by atoms with Crippen molar-refractivity contribution in [3.8, 4) is 0 Å². The monoisotopic (exact) mass is 661 g/mol. The average Bonchev–Trinajstić information content (AvgIpc) is 2.69. The minimum atomic E-state index is -1.86. The number of hydrogen-bond donors (Lipinski definition) is 6. The quantitative estimate of drug-likeness (QED) is 0.0766. The topological polar surface area (TPSA) is 165 Å². The van der Waals surface area contributed by atoms with Crippen LogP contribution in [-0.4, -0.2) is 55.4 Å². The molecule has 0 aliphatic carbocycles. The van der Waals surface area contributed by atoms with Gasteiger partial charge in [0, 0.05) is 23.0 Å². The molecule has 6 N–H and O–H groups in total. The van der Waals surface area contributed by atoms with Crippen LogP contribution in [0.3, 0.4) is 0 Å². The van der Waals surface area contributed by atoms with Crippen molar-refractivity contribution in [3.63, 3.8) is 0 Å². The number of benzene rings is 1. The average molecular weight is 661 g/mol. The molecule has 1 aromatic rings. The van der Waals surface area contributed by atoms with Crippen molar-refractivity contribution in [2.24, 2.45) is 0 Å². The second-order valence-corrected chi connectivity index (χ2v) is 9.88. The smallest absolute Gasteiger partial charge is 0.339 e. The zero-order valence-corrected chi connectivity index (χ0v) is 20.9. The Bertz CT molecular complexity index is 776. The number of rotatable bonds is 14. The van der Waals surface area contributed by atoms with Crippen LogP contribution < -0.4 is 16.0 Å². The molecule has 1 aromatic carbocycles. The second-order valence-electron chi connectivity index (χ2n) is 6.79. The van der Waals surface area contributed by atoms with Gasteiger partial charge in [0.25, 0.3) is 0 Å². The molecule has 0 fully saturated rings. The summed E-state index contributed by atoms with van der Waals surface area (Å²) in [6.07, 6.45) is 0.582. The van der Waals surface area contributed by atoms with Gasteiger partial charge < -0.3 is 31.3 Å². The minimum absolute atomic E-state index is 0.171. The summed E-state index contributed by atoms with van der Waals surface area (Å²) in [5.74, 6) is -3.86. The third-order valence-corrected chi connectivity index (χ3v) is 6.27. The summed E-state index contributed by atoms with van der Waals surface area (Å²) >= 11 is 3.67. The molecule has 0 aliphatic heterocycles. The van der Waals surface area contributed by atoms with Gasteiger partial charge in [-0.3, -0.25) is 4.79 Å². The Morgan fingerprint density at radius 3 is 2.23 bits per heavy atom. The van der Waals surface area contributed by atoms with Crippen LogP contribution in [-0.2, 0) is 20.9 Å². The van der Waals surface area contributed by atoms with E-state index in [0.29, 0.717) is 25.9 Å². The number of unbranched alkanes of at least 4 members (excludes halogenated alkanes) is 1. The van der Waals surface area contributed by atoms with E-state index in [2.05, 4.69) is 38.5 Å². The molecule has 2 atom stereocenters. The largest absolute Gasteiger partial charge is 0.481 e. The number of amides is 2. The first-order chi connectivity index (χ1) is 14.5. The fraction of sp³-hybridized carbons (Fsp3) is 0.474. The summed E-state index contributed by atoms with van der Waals surface area (Å²) in [7, 11) is 0. The number of alkyl halides is 1. The van der Waals surface area contributed by atoms with Crippen LogP contribution in [0.15, 0.2) is 24.3 Å². The van der Waals surface area contributed by atoms with Gasteiger partial charge >= 0.3 is 23.9 Å². The molecule has 0 aromatic heterocycles. The Kier molecular flexibility index (Phi) is 12.1. The van der Waals surface area contributed by atoms with Crippen LogP contribution in [0.2, 0.25) is 0 Å². The standard InChI is InChI=1S/C19H25I2N3O7/c20-13-6-4-12(5-7-13)11-22-10-2-1-3-14(16(27)28)23-18(31)24-19(21,17(29)30)9-8-15(25)26/h4-7,14,22H,1-3,8-11H2,(H,25,26)(H,27,28)(H,29,30)(H2,23,24,31)/t14-,19?/m0/s1. The van der Waals surface area contributed by atoms with E-state index < -0.39 is 39.9 Å². The number of nitrogens with one attached hydrogen (secondary N) is 3. The van der Waals surface area contributed by atoms with Crippen LogP contribution in [0.4, 0.5) is 4.79 Å². The Labute approximate surface area is 206 Å². The third-order valence-electron chi connectivity index (χ3n) is 4.28. The van der Waals surface area contributed by atoms with E-state index in [1.54, 1.807) is 0 Å². The first-order valence-electron chi connectivity index (χ1n) is 9.44. The fourth-order valence-corrected chi connectivity index (χ4v) is 3.44. The van der Waals surface area contributed by atoms with Crippen molar-refractivity contribution in [1.29, 1.82) is 0 Å². The van der Waals surface area contributed by atoms with E-state index >= 15 is 0 Å². The summed E-state index contributed by atoms with van der Waals surface area (Å²) < 4.78 is -0.703. The first kappa shape index (κ1) is 27.4. The van der Waals surface area contributed by atoms with E-state index in [0.717, 1.165) is 9.13 Å². The molecule has 0 bridgehead atoms. The van der Waals surface area contributed by atoms with Crippen LogP contribution in [0.25, 0.3) is 0 Å². The normalized spacial score (nSPS) is 13.6. The van der Waals surface area contributed by atoms with Gasteiger partial charge in [0.2, 0.25) is 0 Å². The summed E-state index contributed by atoms with van der Waals surface area (Å²) in [4.78, 5) is 45.7. The molecule has 1 rings (SSSR count). The lowest BCUT2D eigenvalue weighted by Gasteiger charge is -2.25. The maximum absolute atomic E-state index is 12.1. The zero-order chi connectivity index (χ0) is 23.4. The number of carbonyl (C=O) groups is 4. The SMILES string of the molecule is O=C(O)CCC(I)(NC(=O)N[C@@H](CCCCNCc1ccc(I)cc1)C(=O)O)C(=O)O. The molecule has 31 heavy (non-hydrogen) atoms. The van der Waals surface area contributed by atoms with Crippen molar-refractivity contribution in [3.05, 3.63) is 33.4 Å². The lowest BCUT2D eigenvalue weighted by molar-refractivity contribution is -0.141. The molecule has 1 unspecified atom stereocenters. The van der Waals surface area contributed by atoms with Gasteiger partial charge in [0.15, 0.2) is 3.55 Å². The van der Waals surface area contributed by atoms with E-state index in [1.807, 2.05) is 24.3 Å². The number of aliphatic carboxylic acids is 3. The molecule has 172 valence electrons. The molecule has 2 amide bonds. The highest BCUT2D eigenvalue weighted by Crippen LogP contribution is 2.22. The number of carbonyl (C=O) groups excluding carboxylic acids is 1. The molecule has 0 heterocycles. The van der Waals surface area contributed by atoms with Gasteiger partial charge in [-0.2, -0.15) is 0 Å². The van der Waals surface area contributed by atoms with Crippen molar-refractivity contribution in [1.82, 2.24) is 16.0 Å². The summed E-state index contributed by atoms with van der Waals surface area (Å²) in [6.45, 7) is 1.37. The number of halogens is 2. The Morgan fingerprint density at radius 1 is 1.03 bits per heavy atom. The molecule has 0 saturated heterocycles. The lowest BCUT2D eigenvalue weighted by atomic mass is 10.1. The van der Waals surface area contributed by atoms with Crippen molar-refractivity contribution < 1.29 is 34.5 Å². The zero-order valence-electron chi connectivity index (χ0n) is 16.6. The lowest BCUT2D eigenvalue weighted by Crippen LogP contribution is -2.56. The van der Waals surface area contributed by atoms with Gasteiger partial charge in [-0.1, -0.05) is 12.1 Å². The summed E-state index contributed by atoms with van der Waals surface area (Å²) in [5.41, 5.74) is 1.14. The molecule has 0 spiro atoms. The maximum Gasteiger partial charge on any atom is 0.339 e. The van der Waals surface area contributed by atoms with Gasteiger partial charge in [0.05, 0.1) is 0 Å². The number of hydrogen-bond acceptors (Lipinski definition) is 5. The summed E-state index contributed by atoms with van der Waals surface area (Å²) in [6, 6.07) is 5.91. The van der Waals surface area contributed by atoms with Gasteiger partial charge in [-0.05, 0) is 88.7 Å². The van der Waals surface area contributed by atoms with Gasteiger partial charge in [-0.25, -0.2) is 14.4 Å². The van der Waals surface area contributed by atoms with E-state index in [1.165, 1.54) is 22.6 Å². The van der Waals surface area contributed by atoms with Crippen molar-refractivity contribution in [2.75, 3.05) is 6.54 Å². The predicted octanol–water partition coefficient (Wildman–Crippen LogP) is 2.38. The second kappa shape index (κ2) is 13.7. The highest BCUT2D eigenvalue weighted by Gasteiger charge is 2.38. The van der Waals surface area contributed by atoms with Crippen molar-refractivity contribution >= 4 is 69.1 Å². The predicted molar refractivity (Wildman–Crippen MR) is 129 cm³/mol. The number of carboxylic acids is 3. The molecular formula is C19H25I2N3O7. The van der Waals surface area contributed by atoms with Crippen LogP contribution in [0.5, 0.6) is 0 Å². The van der Waals surface area contributed by atoms with Crippen LogP contribution in [0.1, 0.15) is 37.7 Å². The molecule has 0 radical (unpaired) electrons. The summed E-state index contributed by atoms with van der Waals surface area (Å²) in [5, 5.41) is 35.0. The van der Waals surface area contributed by atoms with E-state index in [4.69, 9.17) is 5.11 Å². The first-order valence-corrected chi connectivity index (χ1v) is 11.6. The van der Waals surface area contributed by atoms with Crippen molar-refractivity contribution in [2.45, 2.75) is 48.2 Å². The van der Waals surface area contributed by atoms with E-state index in [-0.39, 0.29) is 12.8 Å². The van der Waals surface area contributed by atoms with Gasteiger partial charge in [-0.15, -0.1) is 0 Å². The third kappa shape index (κ3) is 11.0. The minimum Gasteiger partial charge on any atom is -0.481 e. The molecule has 10 nitrogen and oxygen atoms in total. The molecule has 0 saturated carbocycles. The number of urea groups is 1. The Hall–Kier alpha value is -1.68. The Morgan fingerprint density at radius 2 is 1.68 bits per heavy atom.